The van der Waals surface area contributed by atoms with Gasteiger partial charge in [-0.3, -0.25) is 0 Å². The van der Waals surface area contributed by atoms with Crippen molar-refractivity contribution in [2.45, 2.75) is 5.92 Å². The Bertz CT molecular complexity index is 422. The zero-order valence-corrected chi connectivity index (χ0v) is 10.8. The summed E-state index contributed by atoms with van der Waals surface area (Å²) in [7, 11) is 0. The maximum atomic E-state index is 5.59. The first-order valence-corrected chi connectivity index (χ1v) is 6.75. The van der Waals surface area contributed by atoms with E-state index in [2.05, 4.69) is 24.3 Å². The summed E-state index contributed by atoms with van der Waals surface area (Å²) in [6, 6.07) is 10.6. The lowest BCUT2D eigenvalue weighted by Gasteiger charge is -2.31. The minimum absolute atomic E-state index is 0.0209. The summed E-state index contributed by atoms with van der Waals surface area (Å²) in [5, 5.41) is 0. The fraction of sp³-hybridized carbons (Fsp3) is 0.600. The average molecular weight is 262 g/mol. The van der Waals surface area contributed by atoms with E-state index in [1.165, 1.54) is 5.56 Å². The van der Waals surface area contributed by atoms with Crippen molar-refractivity contribution in [1.29, 1.82) is 0 Å². The summed E-state index contributed by atoms with van der Waals surface area (Å²) in [6.07, 6.45) is 0. The van der Waals surface area contributed by atoms with E-state index in [9.17, 15) is 0 Å². The molecule has 0 radical (unpaired) electrons. The number of benzene rings is 1. The van der Waals surface area contributed by atoms with E-state index in [1.807, 2.05) is 6.07 Å². The molecule has 1 aliphatic carbocycles. The number of hydrogen-bond donors (Lipinski definition) is 0. The summed E-state index contributed by atoms with van der Waals surface area (Å²) >= 11 is 0. The molecule has 1 aromatic rings. The molecule has 1 aromatic carbocycles. The molecule has 3 fully saturated rings. The zero-order chi connectivity index (χ0) is 12.8. The van der Waals surface area contributed by atoms with Gasteiger partial charge in [-0.2, -0.15) is 0 Å². The number of hydrogen-bond acceptors (Lipinski definition) is 4. The van der Waals surface area contributed by atoms with Crippen molar-refractivity contribution in [2.24, 2.45) is 10.8 Å². The molecule has 102 valence electrons. The van der Waals surface area contributed by atoms with E-state index >= 15 is 0 Å². The van der Waals surface area contributed by atoms with Crippen LogP contribution in [0.4, 0.5) is 0 Å². The minimum Gasteiger partial charge on any atom is -0.355 e. The summed E-state index contributed by atoms with van der Waals surface area (Å²) < 4.78 is 22.4. The molecule has 3 aliphatic rings. The first kappa shape index (κ1) is 11.9. The Morgan fingerprint density at radius 2 is 1.21 bits per heavy atom. The summed E-state index contributed by atoms with van der Waals surface area (Å²) in [4.78, 5) is 0. The van der Waals surface area contributed by atoms with Crippen molar-refractivity contribution >= 4 is 0 Å². The lowest BCUT2D eigenvalue weighted by Crippen LogP contribution is -2.38. The monoisotopic (exact) mass is 262 g/mol. The van der Waals surface area contributed by atoms with Crippen molar-refractivity contribution < 1.29 is 18.9 Å². The van der Waals surface area contributed by atoms with Crippen LogP contribution >= 0.6 is 0 Å². The normalized spacial score (nSPS) is 28.6. The molecule has 2 saturated heterocycles. The first-order valence-electron chi connectivity index (χ1n) is 6.75. The van der Waals surface area contributed by atoms with E-state index in [0.29, 0.717) is 19.5 Å². The molecule has 2 spiro atoms. The van der Waals surface area contributed by atoms with Crippen LogP contribution in [0.15, 0.2) is 30.3 Å². The molecule has 0 atom stereocenters. The van der Waals surface area contributed by atoms with Gasteiger partial charge in [0.15, 0.2) is 0 Å². The predicted molar refractivity (Wildman–Crippen MR) is 67.6 cm³/mol. The molecular weight excluding hydrogens is 244 g/mol. The molecule has 4 nitrogen and oxygen atoms in total. The highest BCUT2D eigenvalue weighted by atomic mass is 16.7. The molecule has 0 amide bonds. The third-order valence-corrected chi connectivity index (χ3v) is 4.92. The van der Waals surface area contributed by atoms with Crippen LogP contribution in [0, 0.1) is 10.8 Å². The third-order valence-electron chi connectivity index (χ3n) is 4.92. The molecule has 0 unspecified atom stereocenters. The quantitative estimate of drug-likeness (QED) is 0.773. The fourth-order valence-corrected chi connectivity index (χ4v) is 4.03. The highest BCUT2D eigenvalue weighted by Gasteiger charge is 2.78. The second-order valence-electron chi connectivity index (χ2n) is 5.79. The Morgan fingerprint density at radius 1 is 0.737 bits per heavy atom. The van der Waals surface area contributed by atoms with Gasteiger partial charge in [-0.1, -0.05) is 30.3 Å². The van der Waals surface area contributed by atoms with Crippen LogP contribution in [0.2, 0.25) is 0 Å². The van der Waals surface area contributed by atoms with Crippen molar-refractivity contribution in [1.82, 2.24) is 0 Å². The molecule has 1 saturated carbocycles. The lowest BCUT2D eigenvalue weighted by atomic mass is 9.94. The Kier molecular flexibility index (Phi) is 2.67. The van der Waals surface area contributed by atoms with Crippen molar-refractivity contribution in [3.05, 3.63) is 35.9 Å². The smallest absolute Gasteiger partial charge is 0.146 e. The Morgan fingerprint density at radius 3 is 1.68 bits per heavy atom. The topological polar surface area (TPSA) is 36.9 Å². The second-order valence-corrected chi connectivity index (χ2v) is 5.79. The molecule has 19 heavy (non-hydrogen) atoms. The number of rotatable bonds is 1. The van der Waals surface area contributed by atoms with Crippen molar-refractivity contribution in [2.75, 3.05) is 40.0 Å². The van der Waals surface area contributed by atoms with Crippen LogP contribution in [-0.2, 0) is 18.9 Å². The molecule has 0 N–H and O–H groups in total. The fourth-order valence-electron chi connectivity index (χ4n) is 4.03. The van der Waals surface area contributed by atoms with Gasteiger partial charge in [-0.15, -0.1) is 0 Å². The minimum atomic E-state index is 0.0209. The second kappa shape index (κ2) is 4.28. The molecule has 4 rings (SSSR count). The summed E-state index contributed by atoms with van der Waals surface area (Å²) in [5.74, 6) is 0.404. The Hall–Kier alpha value is -0.940. The first-order chi connectivity index (χ1) is 9.39. The van der Waals surface area contributed by atoms with Gasteiger partial charge in [0, 0.05) is 16.7 Å². The van der Waals surface area contributed by atoms with Gasteiger partial charge in [-0.05, 0) is 5.56 Å². The standard InChI is InChI=1S/C15H18O4/c1-2-4-12(5-3-1)13-14(6-16-10-17-7-14)15(13)8-18-11-19-9-15/h1-5,13H,6-11H2. The van der Waals surface area contributed by atoms with Crippen molar-refractivity contribution in [3.8, 4) is 0 Å². The molecular formula is C15H18O4. The van der Waals surface area contributed by atoms with Gasteiger partial charge >= 0.3 is 0 Å². The van der Waals surface area contributed by atoms with Gasteiger partial charge in [0.1, 0.15) is 13.6 Å². The van der Waals surface area contributed by atoms with E-state index in [4.69, 9.17) is 18.9 Å². The van der Waals surface area contributed by atoms with E-state index < -0.39 is 0 Å². The van der Waals surface area contributed by atoms with Gasteiger partial charge < -0.3 is 18.9 Å². The van der Waals surface area contributed by atoms with Gasteiger partial charge in [0.2, 0.25) is 0 Å². The molecule has 0 aromatic heterocycles. The number of ether oxygens (including phenoxy) is 4. The highest BCUT2D eigenvalue weighted by Crippen LogP contribution is 2.75. The van der Waals surface area contributed by atoms with Gasteiger partial charge in [0.05, 0.1) is 26.4 Å². The van der Waals surface area contributed by atoms with Crippen LogP contribution in [0.5, 0.6) is 0 Å². The molecule has 0 bridgehead atoms. The average Bonchev–Trinajstić information content (AvgIpc) is 3.00. The Balaban J connectivity index is 1.71. The number of fused-ring (bicyclic) bond motifs is 1. The largest absolute Gasteiger partial charge is 0.355 e. The third kappa shape index (κ3) is 1.54. The van der Waals surface area contributed by atoms with Crippen LogP contribution in [-0.4, -0.2) is 40.0 Å². The van der Waals surface area contributed by atoms with Crippen LogP contribution in [0.25, 0.3) is 0 Å². The molecule has 4 heteroatoms. The van der Waals surface area contributed by atoms with Gasteiger partial charge in [0.25, 0.3) is 0 Å². The zero-order valence-electron chi connectivity index (χ0n) is 10.8. The van der Waals surface area contributed by atoms with E-state index in [0.717, 1.165) is 26.4 Å². The van der Waals surface area contributed by atoms with Crippen LogP contribution < -0.4 is 0 Å². The Labute approximate surface area is 112 Å². The van der Waals surface area contributed by atoms with E-state index in [1.54, 1.807) is 0 Å². The van der Waals surface area contributed by atoms with Gasteiger partial charge in [-0.25, -0.2) is 0 Å². The maximum Gasteiger partial charge on any atom is 0.146 e. The lowest BCUT2D eigenvalue weighted by molar-refractivity contribution is -0.183. The van der Waals surface area contributed by atoms with Crippen molar-refractivity contribution in [3.63, 3.8) is 0 Å². The summed E-state index contributed by atoms with van der Waals surface area (Å²) in [6.45, 7) is 3.75. The summed E-state index contributed by atoms with van der Waals surface area (Å²) in [5.41, 5.74) is 1.38. The van der Waals surface area contributed by atoms with Crippen LogP contribution in [0.3, 0.4) is 0 Å². The molecule has 2 heterocycles. The predicted octanol–water partition coefficient (Wildman–Crippen LogP) is 1.77. The van der Waals surface area contributed by atoms with Crippen LogP contribution in [0.1, 0.15) is 11.5 Å². The van der Waals surface area contributed by atoms with E-state index in [-0.39, 0.29) is 10.8 Å². The maximum absolute atomic E-state index is 5.59. The highest BCUT2D eigenvalue weighted by molar-refractivity contribution is 5.39. The molecule has 2 aliphatic heterocycles. The SMILES string of the molecule is c1ccc(C2C3(COCOC3)C23COCOC3)cc1.